The van der Waals surface area contributed by atoms with Gasteiger partial charge in [0.05, 0.1) is 0 Å². The molecule has 0 saturated carbocycles. The number of benzene rings is 1. The van der Waals surface area contributed by atoms with Gasteiger partial charge < -0.3 is 15.0 Å². The first-order valence-corrected chi connectivity index (χ1v) is 6.03. The predicted octanol–water partition coefficient (Wildman–Crippen LogP) is 0.551. The van der Waals surface area contributed by atoms with Crippen LogP contribution in [0.25, 0.3) is 0 Å². The van der Waals surface area contributed by atoms with Gasteiger partial charge in [0.1, 0.15) is 17.6 Å². The maximum atomic E-state index is 12.7. The summed E-state index contributed by atoms with van der Waals surface area (Å²) in [6.45, 7) is 2.43. The maximum Gasteiger partial charge on any atom is 0.261 e. The van der Waals surface area contributed by atoms with Crippen LogP contribution >= 0.6 is 0 Å². The van der Waals surface area contributed by atoms with Gasteiger partial charge in [-0.2, -0.15) is 0 Å². The number of carbonyl (C=O) groups excluding carboxylic acids is 2. The number of amides is 2. The minimum atomic E-state index is -0.488. The molecule has 1 heterocycles. The number of piperazine rings is 1. The average Bonchev–Trinajstić information content (AvgIpc) is 2.41. The first-order chi connectivity index (χ1) is 9.08. The van der Waals surface area contributed by atoms with Crippen molar-refractivity contribution in [2.45, 2.75) is 13.0 Å². The van der Waals surface area contributed by atoms with E-state index in [-0.39, 0.29) is 24.2 Å². The number of ether oxygens (including phenoxy) is 1. The number of nitrogens with one attached hydrogen (secondary N) is 1. The van der Waals surface area contributed by atoms with Crippen molar-refractivity contribution in [1.82, 2.24) is 10.2 Å². The fourth-order valence-corrected chi connectivity index (χ4v) is 1.88. The summed E-state index contributed by atoms with van der Waals surface area (Å²) in [5, 5.41) is 2.68. The number of halogens is 1. The van der Waals surface area contributed by atoms with Gasteiger partial charge in [-0.15, -0.1) is 0 Å². The number of hydrogen-bond acceptors (Lipinski definition) is 3. The Morgan fingerprint density at radius 3 is 2.84 bits per heavy atom. The molecule has 0 aliphatic carbocycles. The Labute approximate surface area is 110 Å². The summed E-state index contributed by atoms with van der Waals surface area (Å²) in [4.78, 5) is 24.8. The van der Waals surface area contributed by atoms with Gasteiger partial charge in [0.25, 0.3) is 5.91 Å². The van der Waals surface area contributed by atoms with Gasteiger partial charge in [-0.1, -0.05) is 0 Å². The van der Waals surface area contributed by atoms with E-state index < -0.39 is 6.04 Å². The van der Waals surface area contributed by atoms with Crippen LogP contribution in [0.2, 0.25) is 0 Å². The van der Waals surface area contributed by atoms with E-state index in [1.807, 2.05) is 0 Å². The molecule has 0 aromatic heterocycles. The Bertz CT molecular complexity index is 475. The molecule has 6 heteroatoms. The molecule has 1 aromatic carbocycles. The molecular formula is C13H15FN2O3. The predicted molar refractivity (Wildman–Crippen MR) is 66.1 cm³/mol. The SMILES string of the molecule is CC1C(=O)NCCN1C(=O)COc1ccc(F)cc1. The molecular weight excluding hydrogens is 251 g/mol. The van der Waals surface area contributed by atoms with Gasteiger partial charge in [-0.25, -0.2) is 4.39 Å². The largest absolute Gasteiger partial charge is 0.484 e. The normalized spacial score (nSPS) is 18.9. The van der Waals surface area contributed by atoms with Crippen molar-refractivity contribution in [3.05, 3.63) is 30.1 Å². The lowest BCUT2D eigenvalue weighted by molar-refractivity contribution is -0.143. The lowest BCUT2D eigenvalue weighted by Gasteiger charge is -2.32. The van der Waals surface area contributed by atoms with Crippen LogP contribution in [0.15, 0.2) is 24.3 Å². The zero-order valence-corrected chi connectivity index (χ0v) is 10.6. The lowest BCUT2D eigenvalue weighted by atomic mass is 10.2. The highest BCUT2D eigenvalue weighted by Gasteiger charge is 2.29. The molecule has 0 spiro atoms. The summed E-state index contributed by atoms with van der Waals surface area (Å²) in [6.07, 6.45) is 0. The van der Waals surface area contributed by atoms with Crippen LogP contribution in [0.5, 0.6) is 5.75 Å². The lowest BCUT2D eigenvalue weighted by Crippen LogP contribution is -2.56. The quantitative estimate of drug-likeness (QED) is 0.869. The molecule has 19 heavy (non-hydrogen) atoms. The minimum Gasteiger partial charge on any atom is -0.484 e. The zero-order chi connectivity index (χ0) is 13.8. The van der Waals surface area contributed by atoms with E-state index in [1.165, 1.54) is 29.2 Å². The third kappa shape index (κ3) is 3.21. The second-order valence-corrected chi connectivity index (χ2v) is 4.30. The van der Waals surface area contributed by atoms with Crippen LogP contribution in [-0.2, 0) is 9.59 Å². The summed E-state index contributed by atoms with van der Waals surface area (Å²) >= 11 is 0. The highest BCUT2D eigenvalue weighted by Crippen LogP contribution is 2.12. The Morgan fingerprint density at radius 1 is 1.47 bits per heavy atom. The van der Waals surface area contributed by atoms with Crippen molar-refractivity contribution in [3.63, 3.8) is 0 Å². The number of hydrogen-bond donors (Lipinski definition) is 1. The van der Waals surface area contributed by atoms with Crippen LogP contribution in [-0.4, -0.2) is 42.5 Å². The third-order valence-electron chi connectivity index (χ3n) is 3.00. The Morgan fingerprint density at radius 2 is 2.16 bits per heavy atom. The second kappa shape index (κ2) is 5.69. The fourth-order valence-electron chi connectivity index (χ4n) is 1.88. The molecule has 1 atom stereocenters. The highest BCUT2D eigenvalue weighted by atomic mass is 19.1. The van der Waals surface area contributed by atoms with Crippen molar-refractivity contribution in [2.75, 3.05) is 19.7 Å². The van der Waals surface area contributed by atoms with E-state index in [1.54, 1.807) is 6.92 Å². The van der Waals surface area contributed by atoms with Crippen LogP contribution in [0.4, 0.5) is 4.39 Å². The van der Waals surface area contributed by atoms with Gasteiger partial charge in [0, 0.05) is 13.1 Å². The fraction of sp³-hybridized carbons (Fsp3) is 0.385. The molecule has 1 fully saturated rings. The summed E-state index contributed by atoms with van der Waals surface area (Å²) in [5.74, 6) is -0.364. The van der Waals surface area contributed by atoms with E-state index in [0.717, 1.165) is 0 Å². The van der Waals surface area contributed by atoms with Crippen molar-refractivity contribution in [1.29, 1.82) is 0 Å². The third-order valence-corrected chi connectivity index (χ3v) is 3.00. The van der Waals surface area contributed by atoms with Crippen LogP contribution < -0.4 is 10.1 Å². The van der Waals surface area contributed by atoms with Crippen LogP contribution in [0.3, 0.4) is 0 Å². The molecule has 1 unspecified atom stereocenters. The summed E-state index contributed by atoms with van der Waals surface area (Å²) in [5.41, 5.74) is 0. The molecule has 0 radical (unpaired) electrons. The van der Waals surface area contributed by atoms with E-state index in [9.17, 15) is 14.0 Å². The Kier molecular flexibility index (Phi) is 3.99. The first kappa shape index (κ1) is 13.3. The molecule has 102 valence electrons. The van der Waals surface area contributed by atoms with Crippen molar-refractivity contribution in [2.24, 2.45) is 0 Å². The van der Waals surface area contributed by atoms with Crippen molar-refractivity contribution < 1.29 is 18.7 Å². The zero-order valence-electron chi connectivity index (χ0n) is 10.6. The average molecular weight is 266 g/mol. The first-order valence-electron chi connectivity index (χ1n) is 6.03. The molecule has 1 saturated heterocycles. The van der Waals surface area contributed by atoms with E-state index in [0.29, 0.717) is 18.8 Å². The van der Waals surface area contributed by atoms with Gasteiger partial charge >= 0.3 is 0 Å². The Hall–Kier alpha value is -2.11. The van der Waals surface area contributed by atoms with E-state index >= 15 is 0 Å². The molecule has 1 aliphatic rings. The molecule has 2 amide bonds. The molecule has 5 nitrogen and oxygen atoms in total. The van der Waals surface area contributed by atoms with Crippen molar-refractivity contribution in [3.8, 4) is 5.75 Å². The monoisotopic (exact) mass is 266 g/mol. The minimum absolute atomic E-state index is 0.163. The highest BCUT2D eigenvalue weighted by molar-refractivity contribution is 5.88. The molecule has 1 N–H and O–H groups in total. The van der Waals surface area contributed by atoms with Gasteiger partial charge in [0.2, 0.25) is 5.91 Å². The topological polar surface area (TPSA) is 58.6 Å². The summed E-state index contributed by atoms with van der Waals surface area (Å²) in [7, 11) is 0. The van der Waals surface area contributed by atoms with Gasteiger partial charge in [-0.3, -0.25) is 9.59 Å². The number of rotatable bonds is 3. The Balaban J connectivity index is 1.90. The van der Waals surface area contributed by atoms with Gasteiger partial charge in [0.15, 0.2) is 6.61 Å². The van der Waals surface area contributed by atoms with Gasteiger partial charge in [-0.05, 0) is 31.2 Å². The van der Waals surface area contributed by atoms with E-state index in [4.69, 9.17) is 4.74 Å². The smallest absolute Gasteiger partial charge is 0.261 e. The van der Waals surface area contributed by atoms with E-state index in [2.05, 4.69) is 5.32 Å². The summed E-state index contributed by atoms with van der Waals surface area (Å²) in [6, 6.07) is 4.94. The van der Waals surface area contributed by atoms with Crippen LogP contribution in [0, 0.1) is 5.82 Å². The standard InChI is InChI=1S/C13H15FN2O3/c1-9-13(18)15-6-7-16(9)12(17)8-19-11-4-2-10(14)3-5-11/h2-5,9H,6-8H2,1H3,(H,15,18). The molecule has 1 aliphatic heterocycles. The molecule has 0 bridgehead atoms. The molecule has 2 rings (SSSR count). The number of nitrogens with zero attached hydrogens (tertiary/aromatic N) is 1. The number of carbonyl (C=O) groups is 2. The van der Waals surface area contributed by atoms with Crippen molar-refractivity contribution >= 4 is 11.8 Å². The second-order valence-electron chi connectivity index (χ2n) is 4.30. The summed E-state index contributed by atoms with van der Waals surface area (Å²) < 4.78 is 18.0. The molecule has 1 aromatic rings. The maximum absolute atomic E-state index is 12.7. The van der Waals surface area contributed by atoms with Crippen LogP contribution in [0.1, 0.15) is 6.92 Å².